The lowest BCUT2D eigenvalue weighted by Crippen LogP contribution is -2.34. The van der Waals surface area contributed by atoms with Crippen molar-refractivity contribution in [3.05, 3.63) is 29.2 Å². The average Bonchev–Trinajstić information content (AvgIpc) is 2.94. The van der Waals surface area contributed by atoms with Crippen LogP contribution < -0.4 is 10.6 Å². The molecule has 8 nitrogen and oxygen atoms in total. The van der Waals surface area contributed by atoms with Gasteiger partial charge in [-0.2, -0.15) is 5.10 Å². The average molecular weight is 329 g/mol. The first-order valence-electron chi connectivity index (χ1n) is 8.24. The number of aryl methyl sites for hydroxylation is 1. The zero-order valence-corrected chi connectivity index (χ0v) is 14.5. The fourth-order valence-electron chi connectivity index (χ4n) is 2.88. The molecule has 2 aromatic rings. The highest BCUT2D eigenvalue weighted by atomic mass is 16.1. The smallest absolute Gasteiger partial charge is 0.270 e. The summed E-state index contributed by atoms with van der Waals surface area (Å²) in [6.45, 7) is 6.83. The topological polar surface area (TPSA) is 97.6 Å². The Kier molecular flexibility index (Phi) is 4.46. The Bertz CT molecular complexity index is 753. The summed E-state index contributed by atoms with van der Waals surface area (Å²) in [4.78, 5) is 25.6. The minimum absolute atomic E-state index is 0.0756. The summed E-state index contributed by atoms with van der Waals surface area (Å²) in [5, 5.41) is 10.3. The number of nitrogens with zero attached hydrogens (tertiary/aromatic N) is 5. The van der Waals surface area contributed by atoms with Gasteiger partial charge in [-0.25, -0.2) is 15.0 Å². The molecule has 8 heteroatoms. The normalized spacial score (nSPS) is 15.1. The number of aromatic nitrogens is 5. The van der Waals surface area contributed by atoms with Crippen molar-refractivity contribution in [3.8, 4) is 0 Å². The van der Waals surface area contributed by atoms with Gasteiger partial charge in [0.1, 0.15) is 29.5 Å². The second-order valence-corrected chi connectivity index (χ2v) is 6.53. The van der Waals surface area contributed by atoms with Gasteiger partial charge in [-0.05, 0) is 19.3 Å². The molecular weight excluding hydrogens is 306 g/mol. The minimum atomic E-state index is -0.127. The number of hydrogen-bond acceptors (Lipinski definition) is 6. The van der Waals surface area contributed by atoms with Crippen molar-refractivity contribution in [2.75, 3.05) is 11.9 Å². The largest absolute Gasteiger partial charge is 0.360 e. The molecule has 0 radical (unpaired) electrons. The third kappa shape index (κ3) is 3.22. The summed E-state index contributed by atoms with van der Waals surface area (Å²) >= 11 is 0. The maximum Gasteiger partial charge on any atom is 0.270 e. The Morgan fingerprint density at radius 1 is 1.33 bits per heavy atom. The monoisotopic (exact) mass is 329 g/mol. The molecule has 0 saturated heterocycles. The number of anilines is 1. The van der Waals surface area contributed by atoms with E-state index >= 15 is 0 Å². The Hall–Kier alpha value is -2.51. The number of amides is 1. The van der Waals surface area contributed by atoms with Gasteiger partial charge in [0.2, 0.25) is 0 Å². The Balaban J connectivity index is 1.97. The van der Waals surface area contributed by atoms with Crippen LogP contribution in [0.3, 0.4) is 0 Å². The van der Waals surface area contributed by atoms with Gasteiger partial charge in [-0.3, -0.25) is 9.48 Å². The van der Waals surface area contributed by atoms with E-state index in [2.05, 4.69) is 44.5 Å². The number of hydrogen-bond donors (Lipinski definition) is 2. The summed E-state index contributed by atoms with van der Waals surface area (Å²) in [5.41, 5.74) is 1.36. The molecule has 2 aromatic heterocycles. The van der Waals surface area contributed by atoms with Crippen LogP contribution in [-0.2, 0) is 19.9 Å². The molecular formula is C16H23N7O. The third-order valence-corrected chi connectivity index (χ3v) is 4.01. The predicted molar refractivity (Wildman–Crippen MR) is 89.7 cm³/mol. The lowest BCUT2D eigenvalue weighted by atomic mass is 10.0. The number of carbonyl (C=O) groups excluding carboxylic acids is 1. The van der Waals surface area contributed by atoms with Gasteiger partial charge in [0.25, 0.3) is 5.91 Å². The second-order valence-electron chi connectivity index (χ2n) is 6.53. The highest BCUT2D eigenvalue weighted by molar-refractivity contribution is 5.96. The first-order valence-corrected chi connectivity index (χ1v) is 8.24. The van der Waals surface area contributed by atoms with E-state index in [-0.39, 0.29) is 11.9 Å². The number of carbonyl (C=O) groups is 1. The Labute approximate surface area is 141 Å². The van der Waals surface area contributed by atoms with E-state index < -0.39 is 0 Å². The first-order chi connectivity index (χ1) is 11.5. The Morgan fingerprint density at radius 2 is 2.12 bits per heavy atom. The van der Waals surface area contributed by atoms with Gasteiger partial charge < -0.3 is 10.6 Å². The van der Waals surface area contributed by atoms with Crippen LogP contribution in [0, 0.1) is 5.92 Å². The predicted octanol–water partition coefficient (Wildman–Crippen LogP) is 1.26. The highest BCUT2D eigenvalue weighted by Crippen LogP contribution is 2.24. The molecule has 1 atom stereocenters. The third-order valence-electron chi connectivity index (χ3n) is 4.01. The van der Waals surface area contributed by atoms with Crippen LogP contribution in [0.4, 0.5) is 5.82 Å². The van der Waals surface area contributed by atoms with Gasteiger partial charge in [0.15, 0.2) is 0 Å². The van der Waals surface area contributed by atoms with Crippen molar-refractivity contribution in [1.29, 1.82) is 0 Å². The SMILES string of the molecule is CC(C)Cc1nc(NC(C)c2ncnn2C)c2c(n1)C(=O)NCC2. The number of rotatable bonds is 5. The molecule has 2 N–H and O–H groups in total. The molecule has 24 heavy (non-hydrogen) atoms. The van der Waals surface area contributed by atoms with Crippen LogP contribution in [-0.4, -0.2) is 37.2 Å². The molecule has 128 valence electrons. The molecule has 0 saturated carbocycles. The lowest BCUT2D eigenvalue weighted by Gasteiger charge is -2.22. The first kappa shape index (κ1) is 16.4. The zero-order chi connectivity index (χ0) is 17.3. The fourth-order valence-corrected chi connectivity index (χ4v) is 2.88. The van der Waals surface area contributed by atoms with E-state index in [1.54, 1.807) is 4.68 Å². The molecule has 3 heterocycles. The zero-order valence-electron chi connectivity index (χ0n) is 14.5. The maximum absolute atomic E-state index is 12.2. The second kappa shape index (κ2) is 6.54. The maximum atomic E-state index is 12.2. The van der Waals surface area contributed by atoms with Crippen molar-refractivity contribution in [2.45, 2.75) is 39.7 Å². The van der Waals surface area contributed by atoms with Crippen LogP contribution in [0.2, 0.25) is 0 Å². The lowest BCUT2D eigenvalue weighted by molar-refractivity contribution is 0.0940. The number of nitrogens with one attached hydrogen (secondary N) is 2. The van der Waals surface area contributed by atoms with E-state index in [0.29, 0.717) is 24.0 Å². The summed E-state index contributed by atoms with van der Waals surface area (Å²) < 4.78 is 1.73. The van der Waals surface area contributed by atoms with Gasteiger partial charge >= 0.3 is 0 Å². The molecule has 0 aromatic carbocycles. The molecule has 1 aliphatic heterocycles. The molecule has 0 bridgehead atoms. The van der Waals surface area contributed by atoms with E-state index in [4.69, 9.17) is 0 Å². The standard InChI is InChI=1S/C16H23N7O/c1-9(2)7-12-21-13-11(5-6-17-16(13)24)14(22-12)20-10(3)15-18-8-19-23(15)4/h8-10H,5-7H2,1-4H3,(H,17,24)(H,20,21,22). The molecule has 1 amide bonds. The number of fused-ring (bicyclic) bond motifs is 1. The molecule has 0 spiro atoms. The van der Waals surface area contributed by atoms with Crippen molar-refractivity contribution >= 4 is 11.7 Å². The van der Waals surface area contributed by atoms with Crippen molar-refractivity contribution < 1.29 is 4.79 Å². The quantitative estimate of drug-likeness (QED) is 0.857. The molecule has 1 aliphatic rings. The summed E-state index contributed by atoms with van der Waals surface area (Å²) in [6, 6.07) is -0.0756. The molecule has 0 aliphatic carbocycles. The van der Waals surface area contributed by atoms with E-state index in [0.717, 1.165) is 30.0 Å². The van der Waals surface area contributed by atoms with Crippen molar-refractivity contribution in [3.63, 3.8) is 0 Å². The van der Waals surface area contributed by atoms with Gasteiger partial charge in [0, 0.05) is 25.6 Å². The van der Waals surface area contributed by atoms with Gasteiger partial charge in [0.05, 0.1) is 6.04 Å². The van der Waals surface area contributed by atoms with Crippen LogP contribution in [0.15, 0.2) is 6.33 Å². The van der Waals surface area contributed by atoms with E-state index in [9.17, 15) is 4.79 Å². The van der Waals surface area contributed by atoms with Crippen molar-refractivity contribution in [2.24, 2.45) is 13.0 Å². The molecule has 0 fully saturated rings. The van der Waals surface area contributed by atoms with Crippen LogP contribution >= 0.6 is 0 Å². The van der Waals surface area contributed by atoms with Crippen LogP contribution in [0.1, 0.15) is 54.5 Å². The van der Waals surface area contributed by atoms with Crippen LogP contribution in [0.25, 0.3) is 0 Å². The van der Waals surface area contributed by atoms with E-state index in [1.165, 1.54) is 6.33 Å². The van der Waals surface area contributed by atoms with Gasteiger partial charge in [-0.1, -0.05) is 13.8 Å². The van der Waals surface area contributed by atoms with E-state index in [1.807, 2.05) is 14.0 Å². The van der Waals surface area contributed by atoms with Crippen LogP contribution in [0.5, 0.6) is 0 Å². The Morgan fingerprint density at radius 3 is 2.79 bits per heavy atom. The summed E-state index contributed by atoms with van der Waals surface area (Å²) in [6.07, 6.45) is 2.98. The summed E-state index contributed by atoms with van der Waals surface area (Å²) in [7, 11) is 1.85. The summed E-state index contributed by atoms with van der Waals surface area (Å²) in [5.74, 6) is 2.51. The van der Waals surface area contributed by atoms with Crippen molar-refractivity contribution in [1.82, 2.24) is 30.0 Å². The van der Waals surface area contributed by atoms with Gasteiger partial charge in [-0.15, -0.1) is 0 Å². The highest BCUT2D eigenvalue weighted by Gasteiger charge is 2.25. The fraction of sp³-hybridized carbons (Fsp3) is 0.562. The molecule has 3 rings (SSSR count). The molecule has 1 unspecified atom stereocenters. The minimum Gasteiger partial charge on any atom is -0.360 e.